The monoisotopic (exact) mass is 570 g/mol. The molecule has 2 atom stereocenters. The lowest BCUT2D eigenvalue weighted by Crippen LogP contribution is -2.63. The molecule has 1 aromatic heterocycles. The van der Waals surface area contributed by atoms with Crippen LogP contribution in [0.15, 0.2) is 30.9 Å². The summed E-state index contributed by atoms with van der Waals surface area (Å²) in [7, 11) is 0. The van der Waals surface area contributed by atoms with Gasteiger partial charge in [-0.1, -0.05) is 12.6 Å². The molecule has 0 radical (unpaired) electrons. The maximum atomic E-state index is 14.3. The quantitative estimate of drug-likeness (QED) is 0.491. The summed E-state index contributed by atoms with van der Waals surface area (Å²) < 4.78 is 14.3. The molecule has 42 heavy (non-hydrogen) atoms. The van der Waals surface area contributed by atoms with Crippen molar-refractivity contribution in [2.75, 3.05) is 67.1 Å². The standard InChI is InChI=1S/C32H39FN8O/c1-2-30(42)41-16-15-38(19-25(41)10-11-34)31-27-9-8-24(40-14-3-5-22-6-7-23(33)17-29(22)40)18-28(27)35-32(36-31)39-20-26(21-39)37-12-4-13-37/h2,6-7,17,24-26H,1,3-5,8-10,12-16,18-21H2/t24-,25+/m1/s1. The Hall–Kier alpha value is -3.71. The molecular formula is C32H39FN8O. The fourth-order valence-corrected chi connectivity index (χ4v) is 7.48. The fraction of sp³-hybridized carbons (Fsp3) is 0.562. The number of nitrogens with zero attached hydrogens (tertiary/aromatic N) is 8. The van der Waals surface area contributed by atoms with E-state index in [1.54, 1.807) is 17.0 Å². The van der Waals surface area contributed by atoms with Crippen LogP contribution in [0.4, 0.5) is 21.8 Å². The Labute approximate surface area is 247 Å². The number of rotatable bonds is 6. The van der Waals surface area contributed by atoms with Crippen molar-refractivity contribution in [3.05, 3.63) is 53.5 Å². The van der Waals surface area contributed by atoms with Crippen molar-refractivity contribution in [2.24, 2.45) is 0 Å². The molecule has 10 heteroatoms. The smallest absolute Gasteiger partial charge is 0.246 e. The van der Waals surface area contributed by atoms with Crippen molar-refractivity contribution in [3.8, 4) is 6.07 Å². The van der Waals surface area contributed by atoms with E-state index in [0.29, 0.717) is 25.7 Å². The fourth-order valence-electron chi connectivity index (χ4n) is 7.48. The van der Waals surface area contributed by atoms with Gasteiger partial charge < -0.3 is 19.6 Å². The molecule has 0 unspecified atom stereocenters. The van der Waals surface area contributed by atoms with Crippen LogP contribution in [0.1, 0.15) is 42.5 Å². The summed E-state index contributed by atoms with van der Waals surface area (Å²) in [5, 5.41) is 9.53. The summed E-state index contributed by atoms with van der Waals surface area (Å²) in [5.41, 5.74) is 4.53. The average molecular weight is 571 g/mol. The van der Waals surface area contributed by atoms with Crippen LogP contribution in [0.2, 0.25) is 0 Å². The number of aromatic nitrogens is 2. The number of piperazine rings is 1. The third-order valence-electron chi connectivity index (χ3n) is 9.98. The van der Waals surface area contributed by atoms with Crippen LogP contribution in [-0.4, -0.2) is 96.2 Å². The first-order chi connectivity index (χ1) is 20.5. The van der Waals surface area contributed by atoms with Crippen molar-refractivity contribution in [2.45, 2.75) is 63.1 Å². The van der Waals surface area contributed by atoms with Gasteiger partial charge >= 0.3 is 0 Å². The highest BCUT2D eigenvalue weighted by atomic mass is 19.1. The zero-order chi connectivity index (χ0) is 28.8. The maximum Gasteiger partial charge on any atom is 0.246 e. The molecular weight excluding hydrogens is 531 g/mol. The van der Waals surface area contributed by atoms with Gasteiger partial charge in [0.1, 0.15) is 11.6 Å². The predicted octanol–water partition coefficient (Wildman–Crippen LogP) is 2.94. The van der Waals surface area contributed by atoms with Crippen LogP contribution >= 0.6 is 0 Å². The Morgan fingerprint density at radius 2 is 1.90 bits per heavy atom. The highest BCUT2D eigenvalue weighted by Gasteiger charge is 2.39. The third-order valence-corrected chi connectivity index (χ3v) is 9.98. The van der Waals surface area contributed by atoms with E-state index in [1.807, 2.05) is 6.07 Å². The lowest BCUT2D eigenvalue weighted by atomic mass is 9.88. The largest absolute Gasteiger partial charge is 0.368 e. The van der Waals surface area contributed by atoms with E-state index in [4.69, 9.17) is 9.97 Å². The highest BCUT2D eigenvalue weighted by molar-refractivity contribution is 5.87. The Kier molecular flexibility index (Phi) is 7.22. The summed E-state index contributed by atoms with van der Waals surface area (Å²) in [6, 6.07) is 8.12. The molecule has 0 saturated carbocycles. The van der Waals surface area contributed by atoms with Gasteiger partial charge in [0.15, 0.2) is 0 Å². The van der Waals surface area contributed by atoms with Gasteiger partial charge in [-0.15, -0.1) is 0 Å². The van der Waals surface area contributed by atoms with Gasteiger partial charge in [-0.25, -0.2) is 9.37 Å². The normalized spacial score (nSPS) is 24.3. The van der Waals surface area contributed by atoms with Crippen molar-refractivity contribution in [3.63, 3.8) is 0 Å². The van der Waals surface area contributed by atoms with E-state index in [9.17, 15) is 14.4 Å². The van der Waals surface area contributed by atoms with Crippen molar-refractivity contribution in [1.29, 1.82) is 5.26 Å². The molecule has 2 aromatic rings. The summed E-state index contributed by atoms with van der Waals surface area (Å²) in [4.78, 5) is 34.2. The first-order valence-corrected chi connectivity index (χ1v) is 15.5. The van der Waals surface area contributed by atoms with Crippen LogP contribution in [0.5, 0.6) is 0 Å². The Balaban J connectivity index is 1.19. The van der Waals surface area contributed by atoms with Gasteiger partial charge in [-0.2, -0.15) is 10.2 Å². The van der Waals surface area contributed by atoms with E-state index in [0.717, 1.165) is 74.9 Å². The number of amides is 1. The van der Waals surface area contributed by atoms with E-state index >= 15 is 0 Å². The molecule has 1 aromatic carbocycles. The second-order valence-electron chi connectivity index (χ2n) is 12.4. The van der Waals surface area contributed by atoms with Crippen molar-refractivity contribution >= 4 is 23.4 Å². The number of hydrogen-bond donors (Lipinski definition) is 0. The van der Waals surface area contributed by atoms with Gasteiger partial charge in [0, 0.05) is 69.0 Å². The number of fused-ring (bicyclic) bond motifs is 2. The molecule has 3 saturated heterocycles. The molecule has 0 spiro atoms. The molecule has 3 fully saturated rings. The van der Waals surface area contributed by atoms with Gasteiger partial charge in [0.2, 0.25) is 11.9 Å². The van der Waals surface area contributed by atoms with Crippen molar-refractivity contribution < 1.29 is 9.18 Å². The highest BCUT2D eigenvalue weighted by Crippen LogP contribution is 2.38. The topological polar surface area (TPSA) is 82.8 Å². The van der Waals surface area contributed by atoms with Crippen LogP contribution in [0.25, 0.3) is 0 Å². The van der Waals surface area contributed by atoms with Crippen LogP contribution in [0.3, 0.4) is 0 Å². The zero-order valence-electron chi connectivity index (χ0n) is 24.2. The summed E-state index contributed by atoms with van der Waals surface area (Å²) in [6.07, 6.45) is 7.56. The van der Waals surface area contributed by atoms with E-state index in [2.05, 4.69) is 32.2 Å². The number of anilines is 3. The minimum atomic E-state index is -0.209. The first-order valence-electron chi connectivity index (χ1n) is 15.5. The summed E-state index contributed by atoms with van der Waals surface area (Å²) in [6.45, 7) is 10.6. The molecule has 1 aliphatic carbocycles. The van der Waals surface area contributed by atoms with Gasteiger partial charge in [-0.05, 0) is 69.0 Å². The third kappa shape index (κ3) is 4.87. The van der Waals surface area contributed by atoms with Crippen molar-refractivity contribution in [1.82, 2.24) is 19.8 Å². The number of hydrogen-bond acceptors (Lipinski definition) is 8. The molecule has 5 heterocycles. The minimum Gasteiger partial charge on any atom is -0.368 e. The maximum absolute atomic E-state index is 14.3. The predicted molar refractivity (Wildman–Crippen MR) is 160 cm³/mol. The molecule has 0 bridgehead atoms. The molecule has 0 N–H and O–H groups in total. The molecule has 5 aliphatic rings. The van der Waals surface area contributed by atoms with E-state index < -0.39 is 0 Å². The minimum absolute atomic E-state index is 0.126. The Bertz CT molecular complexity index is 1410. The number of carbonyl (C=O) groups excluding carboxylic acids is 1. The second-order valence-corrected chi connectivity index (χ2v) is 12.4. The lowest BCUT2D eigenvalue weighted by Gasteiger charge is -2.49. The number of halogens is 1. The molecule has 220 valence electrons. The number of nitriles is 1. The lowest BCUT2D eigenvalue weighted by molar-refractivity contribution is -0.128. The van der Waals surface area contributed by atoms with Crippen LogP contribution < -0.4 is 14.7 Å². The summed E-state index contributed by atoms with van der Waals surface area (Å²) >= 11 is 0. The summed E-state index contributed by atoms with van der Waals surface area (Å²) in [5.74, 6) is 1.44. The Morgan fingerprint density at radius 3 is 2.67 bits per heavy atom. The number of likely N-dealkylation sites (tertiary alicyclic amines) is 1. The Morgan fingerprint density at radius 1 is 1.05 bits per heavy atom. The zero-order valence-corrected chi connectivity index (χ0v) is 24.2. The molecule has 7 rings (SSSR count). The van der Waals surface area contributed by atoms with Crippen LogP contribution in [0, 0.1) is 17.1 Å². The van der Waals surface area contributed by atoms with Gasteiger partial charge in [0.05, 0.1) is 24.2 Å². The first kappa shape index (κ1) is 27.1. The second kappa shape index (κ2) is 11.2. The average Bonchev–Trinajstić information content (AvgIpc) is 2.96. The van der Waals surface area contributed by atoms with Gasteiger partial charge in [0.25, 0.3) is 0 Å². The SMILES string of the molecule is C=CC(=O)N1CCN(c2nc(N3CC(N4CCC4)C3)nc3c2CC[C@@H](N2CCCc4ccc(F)cc42)C3)C[C@@H]1CC#N. The molecule has 9 nitrogen and oxygen atoms in total. The van der Waals surface area contributed by atoms with Crippen LogP contribution in [-0.2, 0) is 24.1 Å². The number of aryl methyl sites for hydroxylation is 1. The molecule has 1 amide bonds. The van der Waals surface area contributed by atoms with Gasteiger partial charge in [-0.3, -0.25) is 9.69 Å². The number of benzene rings is 1. The van der Waals surface area contributed by atoms with E-state index in [-0.39, 0.29) is 30.2 Å². The van der Waals surface area contributed by atoms with E-state index in [1.165, 1.54) is 36.7 Å². The molecule has 4 aliphatic heterocycles. The number of carbonyl (C=O) groups is 1.